The van der Waals surface area contributed by atoms with E-state index in [9.17, 15) is 19.7 Å². The summed E-state index contributed by atoms with van der Waals surface area (Å²) in [5.74, 6) is 0.182. The molecule has 0 unspecified atom stereocenters. The number of nitro groups is 1. The van der Waals surface area contributed by atoms with E-state index in [1.165, 1.54) is 35.4 Å². The Balaban J connectivity index is 1.31. The van der Waals surface area contributed by atoms with E-state index in [1.54, 1.807) is 11.8 Å². The number of nitrogens with one attached hydrogen (secondary N) is 1. The van der Waals surface area contributed by atoms with Gasteiger partial charge in [-0.3, -0.25) is 24.6 Å². The largest absolute Gasteiger partial charge is 0.322 e. The minimum atomic E-state index is -0.502. The zero-order valence-electron chi connectivity index (χ0n) is 17.7. The highest BCUT2D eigenvalue weighted by atomic mass is 32.2. The van der Waals surface area contributed by atoms with Gasteiger partial charge in [0.2, 0.25) is 5.91 Å². The number of fused-ring (bicyclic) bond motifs is 1. The third-order valence-electron chi connectivity index (χ3n) is 6.02. The number of hydrogen-bond acceptors (Lipinski definition) is 5. The maximum absolute atomic E-state index is 12.7. The van der Waals surface area contributed by atoms with E-state index in [2.05, 4.69) is 17.4 Å². The number of thioether (sulfide) groups is 1. The summed E-state index contributed by atoms with van der Waals surface area (Å²) in [5, 5.41) is 13.5. The van der Waals surface area contributed by atoms with Gasteiger partial charge in [-0.05, 0) is 72.4 Å². The smallest absolute Gasteiger partial charge is 0.269 e. The third kappa shape index (κ3) is 4.21. The van der Waals surface area contributed by atoms with E-state index >= 15 is 0 Å². The molecule has 3 aromatic rings. The van der Waals surface area contributed by atoms with Crippen LogP contribution in [0.15, 0.2) is 66.7 Å². The molecule has 1 fully saturated rings. The summed E-state index contributed by atoms with van der Waals surface area (Å²) in [7, 11) is 0. The number of carbonyl (C=O) groups is 2. The Kier molecular flexibility index (Phi) is 5.60. The molecule has 3 aromatic carbocycles. The molecule has 1 N–H and O–H groups in total. The summed E-state index contributed by atoms with van der Waals surface area (Å²) in [5.41, 5.74) is 5.52. The van der Waals surface area contributed by atoms with E-state index in [0.29, 0.717) is 17.0 Å². The predicted octanol–water partition coefficient (Wildman–Crippen LogP) is 5.11. The van der Waals surface area contributed by atoms with Crippen LogP contribution < -0.4 is 10.2 Å². The first kappa shape index (κ1) is 21.2. The molecule has 166 valence electrons. The molecule has 1 aliphatic heterocycles. The lowest BCUT2D eigenvalue weighted by atomic mass is 10.1. The fourth-order valence-electron chi connectivity index (χ4n) is 4.33. The Morgan fingerprint density at radius 1 is 1.00 bits per heavy atom. The number of amides is 2. The topological polar surface area (TPSA) is 92.6 Å². The molecular formula is C25H21N3O4S. The normalized spacial score (nSPS) is 17.2. The molecule has 0 saturated carbocycles. The van der Waals surface area contributed by atoms with Crippen molar-refractivity contribution in [3.8, 4) is 0 Å². The molecule has 7 nitrogen and oxygen atoms in total. The van der Waals surface area contributed by atoms with Gasteiger partial charge < -0.3 is 5.32 Å². The molecule has 0 radical (unpaired) electrons. The van der Waals surface area contributed by atoms with Crippen molar-refractivity contribution < 1.29 is 14.5 Å². The molecule has 33 heavy (non-hydrogen) atoms. The van der Waals surface area contributed by atoms with Crippen molar-refractivity contribution in [2.24, 2.45) is 0 Å². The lowest BCUT2D eigenvalue weighted by molar-refractivity contribution is -0.384. The highest BCUT2D eigenvalue weighted by molar-refractivity contribution is 8.00. The monoisotopic (exact) mass is 459 g/mol. The highest BCUT2D eigenvalue weighted by Gasteiger charge is 2.34. The lowest BCUT2D eigenvalue weighted by Gasteiger charge is -2.25. The molecule has 2 aliphatic rings. The fraction of sp³-hybridized carbons (Fsp3) is 0.200. The molecule has 0 aromatic heterocycles. The molecule has 2 amide bonds. The Labute approximate surface area is 194 Å². The Morgan fingerprint density at radius 3 is 2.45 bits per heavy atom. The van der Waals surface area contributed by atoms with Gasteiger partial charge in [0.05, 0.1) is 10.7 Å². The van der Waals surface area contributed by atoms with Gasteiger partial charge in [-0.1, -0.05) is 18.2 Å². The maximum Gasteiger partial charge on any atom is 0.269 e. The quantitative estimate of drug-likeness (QED) is 0.423. The minimum Gasteiger partial charge on any atom is -0.322 e. The molecule has 1 heterocycles. The fourth-order valence-corrected chi connectivity index (χ4v) is 5.50. The number of benzene rings is 3. The van der Waals surface area contributed by atoms with E-state index < -0.39 is 4.92 Å². The molecular weight excluding hydrogens is 438 g/mol. The van der Waals surface area contributed by atoms with Crippen LogP contribution in [0.3, 0.4) is 0 Å². The second kappa shape index (κ2) is 8.71. The van der Waals surface area contributed by atoms with Crippen LogP contribution in [0.1, 0.15) is 38.8 Å². The second-order valence-electron chi connectivity index (χ2n) is 8.11. The van der Waals surface area contributed by atoms with E-state index in [1.807, 2.05) is 35.2 Å². The Hall–Kier alpha value is -3.65. The van der Waals surface area contributed by atoms with E-state index in [0.717, 1.165) is 30.5 Å². The van der Waals surface area contributed by atoms with Gasteiger partial charge in [0, 0.05) is 29.1 Å². The van der Waals surface area contributed by atoms with Crippen LogP contribution in [0.5, 0.6) is 0 Å². The molecule has 8 heteroatoms. The number of aryl methyl sites for hydroxylation is 2. The minimum absolute atomic E-state index is 0.0626. The standard InChI is InChI=1S/C25H21N3O4S/c29-23-15-33-25(27(23)22-13-6-16-2-1-3-19(16)14-22)18-4-9-20(10-5-18)26-24(30)17-7-11-21(12-8-17)28(31)32/h4-14,25H,1-3,15H2,(H,26,30)/t25-/m0/s1. The van der Waals surface area contributed by atoms with Crippen molar-refractivity contribution in [3.63, 3.8) is 0 Å². The van der Waals surface area contributed by atoms with Crippen LogP contribution in [0.4, 0.5) is 17.1 Å². The zero-order chi connectivity index (χ0) is 22.9. The number of nitrogens with zero attached hydrogens (tertiary/aromatic N) is 2. The lowest BCUT2D eigenvalue weighted by Crippen LogP contribution is -2.27. The van der Waals surface area contributed by atoms with Gasteiger partial charge in [-0.2, -0.15) is 0 Å². The van der Waals surface area contributed by atoms with Gasteiger partial charge in [0.1, 0.15) is 5.37 Å². The number of non-ortho nitro benzene ring substituents is 1. The molecule has 1 saturated heterocycles. The summed E-state index contributed by atoms with van der Waals surface area (Å²) < 4.78 is 0. The Morgan fingerprint density at radius 2 is 1.73 bits per heavy atom. The van der Waals surface area contributed by atoms with Crippen LogP contribution in [-0.4, -0.2) is 22.5 Å². The van der Waals surface area contributed by atoms with Gasteiger partial charge in [-0.15, -0.1) is 11.8 Å². The molecule has 5 rings (SSSR count). The van der Waals surface area contributed by atoms with Crippen molar-refractivity contribution >= 4 is 40.6 Å². The third-order valence-corrected chi connectivity index (χ3v) is 7.23. The second-order valence-corrected chi connectivity index (χ2v) is 9.18. The molecule has 0 bridgehead atoms. The summed E-state index contributed by atoms with van der Waals surface area (Å²) in [6.07, 6.45) is 3.33. The van der Waals surface area contributed by atoms with Crippen molar-refractivity contribution in [3.05, 3.63) is 99.1 Å². The van der Waals surface area contributed by atoms with Crippen molar-refractivity contribution in [1.82, 2.24) is 0 Å². The first-order valence-electron chi connectivity index (χ1n) is 10.7. The molecule has 1 aliphatic carbocycles. The molecule has 0 spiro atoms. The molecule has 1 atom stereocenters. The van der Waals surface area contributed by atoms with Crippen molar-refractivity contribution in [2.45, 2.75) is 24.6 Å². The summed E-state index contributed by atoms with van der Waals surface area (Å²) >= 11 is 1.59. The number of carbonyl (C=O) groups excluding carboxylic acids is 2. The van der Waals surface area contributed by atoms with Crippen molar-refractivity contribution in [1.29, 1.82) is 0 Å². The van der Waals surface area contributed by atoms with Gasteiger partial charge in [0.15, 0.2) is 0 Å². The first-order chi connectivity index (χ1) is 16.0. The van der Waals surface area contributed by atoms with Crippen LogP contribution >= 0.6 is 11.8 Å². The van der Waals surface area contributed by atoms with Crippen LogP contribution in [0.2, 0.25) is 0 Å². The van der Waals surface area contributed by atoms with Crippen LogP contribution in [0.25, 0.3) is 0 Å². The first-order valence-corrected chi connectivity index (χ1v) is 11.8. The Bertz CT molecular complexity index is 1240. The van der Waals surface area contributed by atoms with Gasteiger partial charge in [-0.25, -0.2) is 0 Å². The van der Waals surface area contributed by atoms with Crippen molar-refractivity contribution in [2.75, 3.05) is 16.0 Å². The predicted molar refractivity (Wildman–Crippen MR) is 129 cm³/mol. The number of nitro benzene ring substituents is 1. The van der Waals surface area contributed by atoms with Crippen LogP contribution in [0, 0.1) is 10.1 Å². The average Bonchev–Trinajstić information content (AvgIpc) is 3.45. The van der Waals surface area contributed by atoms with Gasteiger partial charge in [0.25, 0.3) is 11.6 Å². The summed E-state index contributed by atoms with van der Waals surface area (Å²) in [6, 6.07) is 19.3. The summed E-state index contributed by atoms with van der Waals surface area (Å²) in [4.78, 5) is 37.3. The SMILES string of the molecule is O=C(Nc1ccc([C@@H]2SCC(=O)N2c2ccc3c(c2)CCC3)cc1)c1ccc([N+](=O)[O-])cc1. The number of anilines is 2. The van der Waals surface area contributed by atoms with Crippen LogP contribution in [-0.2, 0) is 17.6 Å². The number of rotatable bonds is 5. The average molecular weight is 460 g/mol. The maximum atomic E-state index is 12.7. The zero-order valence-corrected chi connectivity index (χ0v) is 18.5. The highest BCUT2D eigenvalue weighted by Crippen LogP contribution is 2.43. The van der Waals surface area contributed by atoms with Gasteiger partial charge >= 0.3 is 0 Å². The van der Waals surface area contributed by atoms with E-state index in [4.69, 9.17) is 0 Å². The van der Waals surface area contributed by atoms with E-state index in [-0.39, 0.29) is 22.9 Å². The summed E-state index contributed by atoms with van der Waals surface area (Å²) in [6.45, 7) is 0. The number of hydrogen-bond donors (Lipinski definition) is 1.